The molecule has 3 heteroatoms. The summed E-state index contributed by atoms with van der Waals surface area (Å²) in [4.78, 5) is 11.5. The van der Waals surface area contributed by atoms with Crippen molar-refractivity contribution in [3.8, 4) is 12.3 Å². The van der Waals surface area contributed by atoms with Gasteiger partial charge in [0.1, 0.15) is 12.4 Å². The highest BCUT2D eigenvalue weighted by atomic mass is 32.2. The van der Waals surface area contributed by atoms with E-state index in [1.165, 1.54) is 31.0 Å². The first kappa shape index (κ1) is 14.2. The molecule has 94 valence electrons. The molecule has 1 atom stereocenters. The van der Waals surface area contributed by atoms with Gasteiger partial charge in [0.25, 0.3) is 0 Å². The molecule has 0 bridgehead atoms. The van der Waals surface area contributed by atoms with Crippen molar-refractivity contribution in [2.24, 2.45) is 0 Å². The SMILES string of the molecule is C#CCOC1=CC(=O)S[C@]1(C)CCCCCC. The van der Waals surface area contributed by atoms with Crippen LogP contribution in [0.15, 0.2) is 11.8 Å². The summed E-state index contributed by atoms with van der Waals surface area (Å²) < 4.78 is 5.27. The molecule has 1 aliphatic heterocycles. The van der Waals surface area contributed by atoms with Crippen LogP contribution in [-0.4, -0.2) is 16.5 Å². The molecule has 0 N–H and O–H groups in total. The van der Waals surface area contributed by atoms with Gasteiger partial charge in [-0.05, 0) is 13.3 Å². The van der Waals surface area contributed by atoms with Crippen LogP contribution in [0.1, 0.15) is 46.0 Å². The monoisotopic (exact) mass is 252 g/mol. The zero-order valence-corrected chi connectivity index (χ0v) is 11.4. The minimum atomic E-state index is -0.207. The van der Waals surface area contributed by atoms with E-state index in [1.807, 2.05) is 0 Å². The summed E-state index contributed by atoms with van der Waals surface area (Å²) in [6, 6.07) is 0. The molecule has 1 heterocycles. The molecule has 0 amide bonds. The quantitative estimate of drug-likeness (QED) is 0.512. The van der Waals surface area contributed by atoms with Crippen LogP contribution in [-0.2, 0) is 9.53 Å². The molecule has 0 saturated heterocycles. The average molecular weight is 252 g/mol. The van der Waals surface area contributed by atoms with Crippen molar-refractivity contribution in [1.29, 1.82) is 0 Å². The third-order valence-corrected chi connectivity index (χ3v) is 4.09. The second-order valence-corrected chi connectivity index (χ2v) is 5.97. The summed E-state index contributed by atoms with van der Waals surface area (Å²) in [5.74, 6) is 3.19. The standard InChI is InChI=1S/C14H20O2S/c1-4-6-7-8-9-14(3)12(16-10-5-2)11-13(15)17-14/h2,11H,4,6-10H2,1,3H3/t14-/m1/s1. The summed E-state index contributed by atoms with van der Waals surface area (Å²) >= 11 is 1.36. The number of carbonyl (C=O) groups excluding carboxylic acids is 1. The highest BCUT2D eigenvalue weighted by Crippen LogP contribution is 2.43. The minimum absolute atomic E-state index is 0.0787. The zero-order valence-electron chi connectivity index (χ0n) is 10.6. The molecule has 0 fully saturated rings. The lowest BCUT2D eigenvalue weighted by Crippen LogP contribution is -2.22. The van der Waals surface area contributed by atoms with Crippen LogP contribution in [0.4, 0.5) is 0 Å². The lowest BCUT2D eigenvalue weighted by Gasteiger charge is -2.25. The van der Waals surface area contributed by atoms with E-state index in [2.05, 4.69) is 19.8 Å². The van der Waals surface area contributed by atoms with E-state index in [-0.39, 0.29) is 16.5 Å². The third kappa shape index (κ3) is 4.12. The van der Waals surface area contributed by atoms with E-state index >= 15 is 0 Å². The van der Waals surface area contributed by atoms with Crippen LogP contribution in [0, 0.1) is 12.3 Å². The van der Waals surface area contributed by atoms with Gasteiger partial charge >= 0.3 is 0 Å². The topological polar surface area (TPSA) is 26.3 Å². The largest absolute Gasteiger partial charge is 0.484 e. The fourth-order valence-electron chi connectivity index (χ4n) is 1.94. The number of ether oxygens (including phenoxy) is 1. The molecule has 17 heavy (non-hydrogen) atoms. The van der Waals surface area contributed by atoms with E-state index in [0.717, 1.165) is 18.6 Å². The third-order valence-electron chi connectivity index (χ3n) is 2.91. The first-order valence-electron chi connectivity index (χ1n) is 6.14. The first-order valence-corrected chi connectivity index (χ1v) is 6.95. The molecule has 0 aliphatic carbocycles. The highest BCUT2D eigenvalue weighted by Gasteiger charge is 2.38. The number of terminal acetylenes is 1. The second kappa shape index (κ2) is 6.76. The first-order chi connectivity index (χ1) is 8.12. The summed E-state index contributed by atoms with van der Waals surface area (Å²) in [6.07, 6.45) is 12.5. The number of rotatable bonds is 7. The number of hydrogen-bond donors (Lipinski definition) is 0. The Labute approximate surface area is 108 Å². The number of unbranched alkanes of at least 4 members (excludes halogenated alkanes) is 3. The van der Waals surface area contributed by atoms with E-state index in [0.29, 0.717) is 0 Å². The van der Waals surface area contributed by atoms with Crippen LogP contribution in [0.3, 0.4) is 0 Å². The molecule has 0 unspecified atom stereocenters. The van der Waals surface area contributed by atoms with Crippen LogP contribution >= 0.6 is 11.8 Å². The van der Waals surface area contributed by atoms with Crippen molar-refractivity contribution in [2.75, 3.05) is 6.61 Å². The molecular weight excluding hydrogens is 232 g/mol. The van der Waals surface area contributed by atoms with E-state index in [1.54, 1.807) is 6.08 Å². The van der Waals surface area contributed by atoms with E-state index < -0.39 is 0 Å². The zero-order chi connectivity index (χ0) is 12.7. The maximum atomic E-state index is 11.5. The smallest absolute Gasteiger partial charge is 0.216 e. The molecule has 0 aromatic heterocycles. The van der Waals surface area contributed by atoms with Gasteiger partial charge in [0.05, 0.1) is 4.75 Å². The van der Waals surface area contributed by atoms with Gasteiger partial charge in [0.2, 0.25) is 5.12 Å². The molecule has 0 radical (unpaired) electrons. The molecule has 0 saturated carbocycles. The van der Waals surface area contributed by atoms with Crippen LogP contribution in [0.2, 0.25) is 0 Å². The van der Waals surface area contributed by atoms with Gasteiger partial charge in [-0.25, -0.2) is 0 Å². The Kier molecular flexibility index (Phi) is 5.64. The summed E-state index contributed by atoms with van der Waals surface area (Å²) in [5, 5.41) is 0.0787. The van der Waals surface area contributed by atoms with Crippen LogP contribution in [0.25, 0.3) is 0 Å². The molecule has 1 aliphatic rings. The lowest BCUT2D eigenvalue weighted by molar-refractivity contribution is -0.107. The maximum Gasteiger partial charge on any atom is 0.216 e. The van der Waals surface area contributed by atoms with E-state index in [4.69, 9.17) is 11.2 Å². The average Bonchev–Trinajstić information content (AvgIpc) is 2.57. The van der Waals surface area contributed by atoms with E-state index in [9.17, 15) is 4.79 Å². The van der Waals surface area contributed by atoms with Crippen molar-refractivity contribution in [1.82, 2.24) is 0 Å². The predicted octanol–water partition coefficient (Wildman–Crippen LogP) is 3.52. The fraction of sp³-hybridized carbons (Fsp3) is 0.643. The predicted molar refractivity (Wildman–Crippen MR) is 72.6 cm³/mol. The Hall–Kier alpha value is -0.880. The minimum Gasteiger partial charge on any atom is -0.484 e. The van der Waals surface area contributed by atoms with Gasteiger partial charge in [0, 0.05) is 6.08 Å². The van der Waals surface area contributed by atoms with Crippen molar-refractivity contribution < 1.29 is 9.53 Å². The Morgan fingerprint density at radius 1 is 1.47 bits per heavy atom. The number of hydrogen-bond acceptors (Lipinski definition) is 3. The van der Waals surface area contributed by atoms with Crippen molar-refractivity contribution in [2.45, 2.75) is 50.7 Å². The van der Waals surface area contributed by atoms with Gasteiger partial charge in [-0.15, -0.1) is 6.42 Å². The van der Waals surface area contributed by atoms with Gasteiger partial charge in [-0.1, -0.05) is 50.3 Å². The Bertz CT molecular complexity index is 341. The number of carbonyl (C=O) groups is 1. The summed E-state index contributed by atoms with van der Waals surface area (Å²) in [6.45, 7) is 4.50. The molecule has 2 nitrogen and oxygen atoms in total. The molecule has 0 spiro atoms. The fourth-order valence-corrected chi connectivity index (χ4v) is 3.01. The Morgan fingerprint density at radius 3 is 2.88 bits per heavy atom. The van der Waals surface area contributed by atoms with Crippen LogP contribution in [0.5, 0.6) is 0 Å². The van der Waals surface area contributed by atoms with Gasteiger partial charge < -0.3 is 4.74 Å². The summed E-state index contributed by atoms with van der Waals surface area (Å²) in [7, 11) is 0. The van der Waals surface area contributed by atoms with Crippen molar-refractivity contribution in [3.05, 3.63) is 11.8 Å². The van der Waals surface area contributed by atoms with Gasteiger partial charge in [-0.3, -0.25) is 4.79 Å². The molecule has 1 rings (SSSR count). The van der Waals surface area contributed by atoms with Crippen LogP contribution < -0.4 is 0 Å². The molecule has 0 aromatic rings. The maximum absolute atomic E-state index is 11.5. The Morgan fingerprint density at radius 2 is 2.24 bits per heavy atom. The molecular formula is C14H20O2S. The van der Waals surface area contributed by atoms with Crippen molar-refractivity contribution in [3.63, 3.8) is 0 Å². The Balaban J connectivity index is 2.51. The lowest BCUT2D eigenvalue weighted by atomic mass is 9.99. The molecule has 0 aromatic carbocycles. The van der Waals surface area contributed by atoms with Crippen molar-refractivity contribution >= 4 is 16.9 Å². The normalized spacial score (nSPS) is 23.4. The van der Waals surface area contributed by atoms with Gasteiger partial charge in [0.15, 0.2) is 0 Å². The second-order valence-electron chi connectivity index (χ2n) is 4.46. The highest BCUT2D eigenvalue weighted by molar-refractivity contribution is 8.15. The van der Waals surface area contributed by atoms with Gasteiger partial charge in [-0.2, -0.15) is 0 Å². The number of thioether (sulfide) groups is 1. The summed E-state index contributed by atoms with van der Waals surface area (Å²) in [5.41, 5.74) is 0.